The Bertz CT molecular complexity index is 275. The minimum absolute atomic E-state index is 0.394. The maximum absolute atomic E-state index is 7.43. The van der Waals surface area contributed by atoms with Gasteiger partial charge in [0.25, 0.3) is 0 Å². The van der Waals surface area contributed by atoms with Gasteiger partial charge in [0.05, 0.1) is 0 Å². The second-order valence-corrected chi connectivity index (χ2v) is 1.99. The maximum atomic E-state index is 7.43. The van der Waals surface area contributed by atoms with Crippen molar-refractivity contribution in [2.24, 2.45) is 7.05 Å². The maximum Gasteiger partial charge on any atom is 0.168 e. The normalized spacial score (nSPS) is 9.40. The van der Waals surface area contributed by atoms with Gasteiger partial charge in [0.15, 0.2) is 11.3 Å². The van der Waals surface area contributed by atoms with Crippen molar-refractivity contribution >= 4 is 5.82 Å². The van der Waals surface area contributed by atoms with Crippen LogP contribution in [0.2, 0.25) is 0 Å². The van der Waals surface area contributed by atoms with Crippen LogP contribution in [0.1, 0.15) is 0 Å². The average Bonchev–Trinajstić information content (AvgIpc) is 1.95. The van der Waals surface area contributed by atoms with Crippen LogP contribution in [-0.4, -0.2) is 16.6 Å². The van der Waals surface area contributed by atoms with Gasteiger partial charge in [-0.2, -0.15) is 0 Å². The number of aryl methyl sites for hydroxylation is 1. The van der Waals surface area contributed by atoms with E-state index < -0.39 is 0 Å². The van der Waals surface area contributed by atoms with Gasteiger partial charge in [0.1, 0.15) is 0 Å². The lowest BCUT2D eigenvalue weighted by Crippen LogP contribution is -2.20. The highest BCUT2D eigenvalue weighted by molar-refractivity contribution is 5.27. The van der Waals surface area contributed by atoms with Crippen LogP contribution in [0.4, 0.5) is 5.82 Å². The third kappa shape index (κ3) is 1.00. The van der Waals surface area contributed by atoms with E-state index in [1.807, 2.05) is 7.05 Å². The SMILES string of the molecule is CNc1nccn(C)c1=N. The van der Waals surface area contributed by atoms with Crippen LogP contribution in [0, 0.1) is 5.41 Å². The highest BCUT2D eigenvalue weighted by Crippen LogP contribution is 1.86. The molecule has 2 N–H and O–H groups in total. The number of nitrogens with zero attached hydrogens (tertiary/aromatic N) is 2. The lowest BCUT2D eigenvalue weighted by atomic mass is 10.6. The lowest BCUT2D eigenvalue weighted by molar-refractivity contribution is 0.802. The van der Waals surface area contributed by atoms with Gasteiger partial charge in [-0.1, -0.05) is 0 Å². The highest BCUT2D eigenvalue weighted by Gasteiger charge is 1.92. The second-order valence-electron chi connectivity index (χ2n) is 1.99. The third-order valence-electron chi connectivity index (χ3n) is 1.31. The first-order chi connectivity index (χ1) is 4.75. The molecule has 0 amide bonds. The van der Waals surface area contributed by atoms with Crippen molar-refractivity contribution < 1.29 is 0 Å². The fourth-order valence-corrected chi connectivity index (χ4v) is 0.694. The smallest absolute Gasteiger partial charge is 0.168 e. The zero-order valence-electron chi connectivity index (χ0n) is 6.05. The number of rotatable bonds is 1. The summed E-state index contributed by atoms with van der Waals surface area (Å²) >= 11 is 0. The Balaban J connectivity index is 3.28. The van der Waals surface area contributed by atoms with Crippen LogP contribution in [0.3, 0.4) is 0 Å². The van der Waals surface area contributed by atoms with E-state index in [2.05, 4.69) is 10.3 Å². The first-order valence-corrected chi connectivity index (χ1v) is 2.99. The topological polar surface area (TPSA) is 53.7 Å². The van der Waals surface area contributed by atoms with Crippen LogP contribution in [0.5, 0.6) is 0 Å². The van der Waals surface area contributed by atoms with E-state index in [9.17, 15) is 0 Å². The van der Waals surface area contributed by atoms with Gasteiger partial charge in [0.2, 0.25) is 0 Å². The average molecular weight is 138 g/mol. The molecule has 0 fully saturated rings. The number of anilines is 1. The Labute approximate surface area is 59.0 Å². The first-order valence-electron chi connectivity index (χ1n) is 2.99. The molecule has 0 saturated carbocycles. The Morgan fingerprint density at radius 2 is 2.40 bits per heavy atom. The molecule has 0 saturated heterocycles. The summed E-state index contributed by atoms with van der Waals surface area (Å²) in [7, 11) is 3.56. The first kappa shape index (κ1) is 6.80. The van der Waals surface area contributed by atoms with E-state index >= 15 is 0 Å². The molecule has 1 aromatic heterocycles. The fraction of sp³-hybridized carbons (Fsp3) is 0.333. The molecule has 0 spiro atoms. The van der Waals surface area contributed by atoms with Crippen LogP contribution in [0.25, 0.3) is 0 Å². The van der Waals surface area contributed by atoms with Gasteiger partial charge in [-0.3, -0.25) is 5.41 Å². The summed E-state index contributed by atoms with van der Waals surface area (Å²) in [6.45, 7) is 0. The molecule has 54 valence electrons. The summed E-state index contributed by atoms with van der Waals surface area (Å²) in [5.41, 5.74) is 0.394. The standard InChI is InChI=1S/C6H10N4/c1-8-6-5(7)10(2)4-3-9-6/h3-4,7H,1-2H3,(H,8,9). The van der Waals surface area contributed by atoms with Crippen molar-refractivity contribution in [2.45, 2.75) is 0 Å². The molecule has 10 heavy (non-hydrogen) atoms. The van der Waals surface area contributed by atoms with E-state index in [1.54, 1.807) is 24.0 Å². The Kier molecular flexibility index (Phi) is 1.71. The summed E-state index contributed by atoms with van der Waals surface area (Å²) in [5.74, 6) is 0.602. The Hall–Kier alpha value is -1.32. The van der Waals surface area contributed by atoms with Crippen molar-refractivity contribution in [3.8, 4) is 0 Å². The monoisotopic (exact) mass is 138 g/mol. The third-order valence-corrected chi connectivity index (χ3v) is 1.31. The zero-order chi connectivity index (χ0) is 7.56. The van der Waals surface area contributed by atoms with E-state index in [1.165, 1.54) is 0 Å². The molecule has 0 atom stereocenters. The van der Waals surface area contributed by atoms with Crippen molar-refractivity contribution in [3.63, 3.8) is 0 Å². The quantitative estimate of drug-likeness (QED) is 0.571. The highest BCUT2D eigenvalue weighted by atomic mass is 15.0. The lowest BCUT2D eigenvalue weighted by Gasteiger charge is -2.01. The molecule has 4 nitrogen and oxygen atoms in total. The molecule has 0 bridgehead atoms. The molecule has 1 heterocycles. The van der Waals surface area contributed by atoms with Crippen LogP contribution in [-0.2, 0) is 7.05 Å². The van der Waals surface area contributed by atoms with E-state index in [0.717, 1.165) is 0 Å². The molecular weight excluding hydrogens is 128 g/mol. The van der Waals surface area contributed by atoms with E-state index in [4.69, 9.17) is 5.41 Å². The van der Waals surface area contributed by atoms with Crippen molar-refractivity contribution in [1.82, 2.24) is 9.55 Å². The predicted molar refractivity (Wildman–Crippen MR) is 38.6 cm³/mol. The van der Waals surface area contributed by atoms with Gasteiger partial charge >= 0.3 is 0 Å². The molecule has 4 heteroatoms. The Morgan fingerprint density at radius 1 is 1.70 bits per heavy atom. The number of aromatic nitrogens is 2. The molecule has 0 aliphatic carbocycles. The number of hydrogen-bond donors (Lipinski definition) is 2. The molecule has 0 radical (unpaired) electrons. The fourth-order valence-electron chi connectivity index (χ4n) is 0.694. The minimum atomic E-state index is 0.394. The summed E-state index contributed by atoms with van der Waals surface area (Å²) in [6, 6.07) is 0. The molecule has 0 aromatic carbocycles. The van der Waals surface area contributed by atoms with Crippen molar-refractivity contribution in [1.29, 1.82) is 5.41 Å². The summed E-state index contributed by atoms with van der Waals surface area (Å²) < 4.78 is 1.69. The van der Waals surface area contributed by atoms with Crippen molar-refractivity contribution in [2.75, 3.05) is 12.4 Å². The van der Waals surface area contributed by atoms with Gasteiger partial charge < -0.3 is 9.88 Å². The zero-order valence-corrected chi connectivity index (χ0v) is 6.05. The van der Waals surface area contributed by atoms with E-state index in [0.29, 0.717) is 11.3 Å². The largest absolute Gasteiger partial charge is 0.370 e. The van der Waals surface area contributed by atoms with Crippen molar-refractivity contribution in [3.05, 3.63) is 17.9 Å². The molecule has 0 unspecified atom stereocenters. The van der Waals surface area contributed by atoms with Crippen LogP contribution in [0.15, 0.2) is 12.4 Å². The number of nitrogens with one attached hydrogen (secondary N) is 2. The summed E-state index contributed by atoms with van der Waals surface area (Å²) in [6.07, 6.45) is 3.40. The van der Waals surface area contributed by atoms with Gasteiger partial charge in [-0.15, -0.1) is 0 Å². The van der Waals surface area contributed by atoms with Gasteiger partial charge in [-0.05, 0) is 0 Å². The van der Waals surface area contributed by atoms with E-state index in [-0.39, 0.29) is 0 Å². The second kappa shape index (κ2) is 2.51. The molecule has 0 aliphatic rings. The Morgan fingerprint density at radius 3 is 2.90 bits per heavy atom. The number of hydrogen-bond acceptors (Lipinski definition) is 3. The minimum Gasteiger partial charge on any atom is -0.370 e. The summed E-state index contributed by atoms with van der Waals surface area (Å²) in [4.78, 5) is 3.94. The summed E-state index contributed by atoms with van der Waals surface area (Å²) in [5, 5.41) is 10.2. The van der Waals surface area contributed by atoms with Gasteiger partial charge in [-0.25, -0.2) is 4.98 Å². The molecule has 1 rings (SSSR count). The molecule has 1 aromatic rings. The van der Waals surface area contributed by atoms with Crippen LogP contribution < -0.4 is 10.8 Å². The van der Waals surface area contributed by atoms with Gasteiger partial charge in [0, 0.05) is 26.5 Å². The molecular formula is C6H10N4. The predicted octanol–water partition coefficient (Wildman–Crippen LogP) is -0.0587. The molecule has 0 aliphatic heterocycles. The van der Waals surface area contributed by atoms with Crippen LogP contribution >= 0.6 is 0 Å².